The number of nitrogens with one attached hydrogen (secondary N) is 1. The molecule has 1 saturated heterocycles. The lowest BCUT2D eigenvalue weighted by atomic mass is 9.81. The summed E-state index contributed by atoms with van der Waals surface area (Å²) in [6.07, 6.45) is 3.74. The van der Waals surface area contributed by atoms with Gasteiger partial charge in [0.25, 0.3) is 0 Å². The number of aromatic amines is 1. The van der Waals surface area contributed by atoms with E-state index in [1.807, 2.05) is 6.92 Å². The summed E-state index contributed by atoms with van der Waals surface area (Å²) in [4.78, 5) is 43.8. The highest BCUT2D eigenvalue weighted by atomic mass is 19.1. The van der Waals surface area contributed by atoms with E-state index < -0.39 is 0 Å². The molecular weight excluding hydrogens is 395 g/mol. The molecule has 2 aliphatic rings. The molecule has 2 heterocycles. The molecule has 0 saturated carbocycles. The Bertz CT molecular complexity index is 1000. The van der Waals surface area contributed by atoms with Crippen LogP contribution in [-0.2, 0) is 17.6 Å². The van der Waals surface area contributed by atoms with Gasteiger partial charge in [-0.25, -0.2) is 4.39 Å². The maximum atomic E-state index is 13.1. The summed E-state index contributed by atoms with van der Waals surface area (Å²) in [7, 11) is 0. The zero-order valence-corrected chi connectivity index (χ0v) is 18.2. The van der Waals surface area contributed by atoms with Crippen molar-refractivity contribution in [1.82, 2.24) is 9.88 Å². The van der Waals surface area contributed by atoms with Crippen LogP contribution in [-0.4, -0.2) is 40.4 Å². The molecule has 4 rings (SSSR count). The Hall–Kier alpha value is -2.76. The Morgan fingerprint density at radius 2 is 1.81 bits per heavy atom. The SMILES string of the molecule is CCc1c(C)[nH]c2c1C(=O)C(CC(=O)N1CCC(C(=O)c3ccc(F)cc3)CC1)CC2. The molecule has 0 spiro atoms. The number of aryl methyl sites for hydroxylation is 2. The van der Waals surface area contributed by atoms with Gasteiger partial charge in [-0.05, 0) is 68.9 Å². The minimum atomic E-state index is -0.359. The van der Waals surface area contributed by atoms with Crippen molar-refractivity contribution in [3.8, 4) is 0 Å². The molecule has 1 unspecified atom stereocenters. The van der Waals surface area contributed by atoms with Crippen LogP contribution in [0.4, 0.5) is 4.39 Å². The number of H-pyrrole nitrogens is 1. The largest absolute Gasteiger partial charge is 0.362 e. The minimum absolute atomic E-state index is 0.000197. The third kappa shape index (κ3) is 4.21. The Balaban J connectivity index is 1.35. The molecule has 1 fully saturated rings. The van der Waals surface area contributed by atoms with Gasteiger partial charge >= 0.3 is 0 Å². The number of amides is 1. The fourth-order valence-corrected chi connectivity index (χ4v) is 5.09. The molecule has 164 valence electrons. The number of piperidine rings is 1. The third-order valence-corrected chi connectivity index (χ3v) is 6.88. The molecule has 2 aromatic rings. The van der Waals surface area contributed by atoms with Crippen LogP contribution in [0.15, 0.2) is 24.3 Å². The second-order valence-corrected chi connectivity index (χ2v) is 8.77. The zero-order chi connectivity index (χ0) is 22.1. The Morgan fingerprint density at radius 1 is 1.13 bits per heavy atom. The molecular formula is C25H29FN2O3. The number of likely N-dealkylation sites (tertiary alicyclic amines) is 1. The van der Waals surface area contributed by atoms with E-state index >= 15 is 0 Å². The molecule has 6 heteroatoms. The summed E-state index contributed by atoms with van der Waals surface area (Å²) in [5, 5.41) is 0. The van der Waals surface area contributed by atoms with Crippen LogP contribution in [0, 0.1) is 24.6 Å². The van der Waals surface area contributed by atoms with Gasteiger partial charge in [0, 0.05) is 53.9 Å². The van der Waals surface area contributed by atoms with Crippen molar-refractivity contribution in [2.75, 3.05) is 13.1 Å². The lowest BCUT2D eigenvalue weighted by Crippen LogP contribution is -2.41. The normalized spacial score (nSPS) is 19.4. The van der Waals surface area contributed by atoms with Crippen molar-refractivity contribution in [3.63, 3.8) is 0 Å². The maximum absolute atomic E-state index is 13.1. The maximum Gasteiger partial charge on any atom is 0.223 e. The molecule has 1 aliphatic carbocycles. The number of rotatable bonds is 5. The Morgan fingerprint density at radius 3 is 2.45 bits per heavy atom. The second-order valence-electron chi connectivity index (χ2n) is 8.77. The molecule has 1 amide bonds. The van der Waals surface area contributed by atoms with Gasteiger partial charge < -0.3 is 9.88 Å². The number of benzene rings is 1. The van der Waals surface area contributed by atoms with Gasteiger partial charge in [0.05, 0.1) is 0 Å². The molecule has 0 bridgehead atoms. The first kappa shape index (κ1) is 21.5. The number of carbonyl (C=O) groups excluding carboxylic acids is 3. The Kier molecular flexibility index (Phi) is 6.08. The zero-order valence-electron chi connectivity index (χ0n) is 18.2. The van der Waals surface area contributed by atoms with E-state index in [4.69, 9.17) is 0 Å². The van der Waals surface area contributed by atoms with Crippen LogP contribution in [0.3, 0.4) is 0 Å². The van der Waals surface area contributed by atoms with Crippen LogP contribution in [0.2, 0.25) is 0 Å². The van der Waals surface area contributed by atoms with Gasteiger partial charge in [0.15, 0.2) is 11.6 Å². The molecule has 31 heavy (non-hydrogen) atoms. The van der Waals surface area contributed by atoms with Crippen molar-refractivity contribution in [2.45, 2.75) is 52.4 Å². The predicted octanol–water partition coefficient (Wildman–Crippen LogP) is 4.28. The Labute approximate surface area is 182 Å². The number of ketones is 2. The van der Waals surface area contributed by atoms with E-state index in [0.717, 1.165) is 35.4 Å². The number of nitrogens with zero attached hydrogens (tertiary/aromatic N) is 1. The van der Waals surface area contributed by atoms with Crippen LogP contribution < -0.4 is 0 Å². The highest BCUT2D eigenvalue weighted by Crippen LogP contribution is 2.32. The summed E-state index contributed by atoms with van der Waals surface area (Å²) in [5.41, 5.74) is 4.48. The molecule has 1 aliphatic heterocycles. The standard InChI is InChI=1S/C25H29FN2O3/c1-3-20-15(2)27-21-9-6-18(25(31)23(20)21)14-22(29)28-12-10-17(11-13-28)24(30)16-4-7-19(26)8-5-16/h4-5,7-8,17-18,27H,3,6,9-14H2,1-2H3. The summed E-state index contributed by atoms with van der Waals surface area (Å²) in [5.74, 6) is -0.668. The first-order valence-corrected chi connectivity index (χ1v) is 11.2. The van der Waals surface area contributed by atoms with Gasteiger partial charge in [0.2, 0.25) is 5.91 Å². The monoisotopic (exact) mass is 424 g/mol. The molecule has 1 atom stereocenters. The second kappa shape index (κ2) is 8.77. The van der Waals surface area contributed by atoms with Gasteiger partial charge in [-0.1, -0.05) is 6.92 Å². The topological polar surface area (TPSA) is 70.2 Å². The van der Waals surface area contributed by atoms with Crippen molar-refractivity contribution in [1.29, 1.82) is 0 Å². The van der Waals surface area contributed by atoms with Gasteiger partial charge in [0.1, 0.15) is 5.82 Å². The van der Waals surface area contributed by atoms with Crippen molar-refractivity contribution >= 4 is 17.5 Å². The van der Waals surface area contributed by atoms with Crippen LogP contribution in [0.1, 0.15) is 70.3 Å². The number of halogens is 1. The highest BCUT2D eigenvalue weighted by Gasteiger charge is 2.35. The third-order valence-electron chi connectivity index (χ3n) is 6.88. The number of aromatic nitrogens is 1. The first-order valence-electron chi connectivity index (χ1n) is 11.2. The lowest BCUT2D eigenvalue weighted by molar-refractivity contribution is -0.133. The fraction of sp³-hybridized carbons (Fsp3) is 0.480. The van der Waals surface area contributed by atoms with E-state index in [-0.39, 0.29) is 41.5 Å². The molecule has 1 aromatic heterocycles. The summed E-state index contributed by atoms with van der Waals surface area (Å²) in [6.45, 7) is 5.09. The average Bonchev–Trinajstić information content (AvgIpc) is 3.11. The van der Waals surface area contributed by atoms with Crippen molar-refractivity contribution in [3.05, 3.63) is 58.2 Å². The summed E-state index contributed by atoms with van der Waals surface area (Å²) >= 11 is 0. The van der Waals surface area contributed by atoms with E-state index in [2.05, 4.69) is 11.9 Å². The first-order chi connectivity index (χ1) is 14.9. The van der Waals surface area contributed by atoms with Crippen LogP contribution in [0.25, 0.3) is 0 Å². The molecule has 1 aromatic carbocycles. The number of carbonyl (C=O) groups is 3. The van der Waals surface area contributed by atoms with Crippen LogP contribution in [0.5, 0.6) is 0 Å². The number of hydrogen-bond donors (Lipinski definition) is 1. The van der Waals surface area contributed by atoms with Gasteiger partial charge in [-0.3, -0.25) is 14.4 Å². The molecule has 1 N–H and O–H groups in total. The predicted molar refractivity (Wildman–Crippen MR) is 116 cm³/mol. The quantitative estimate of drug-likeness (QED) is 0.729. The number of hydrogen-bond acceptors (Lipinski definition) is 3. The van der Waals surface area contributed by atoms with E-state index in [9.17, 15) is 18.8 Å². The number of Topliss-reactive ketones (excluding diaryl/α,β-unsaturated/α-hetero) is 2. The highest BCUT2D eigenvalue weighted by molar-refractivity contribution is 6.03. The van der Waals surface area contributed by atoms with Gasteiger partial charge in [-0.15, -0.1) is 0 Å². The number of fused-ring (bicyclic) bond motifs is 1. The van der Waals surface area contributed by atoms with E-state index in [1.54, 1.807) is 4.90 Å². The smallest absolute Gasteiger partial charge is 0.223 e. The minimum Gasteiger partial charge on any atom is -0.362 e. The van der Waals surface area contributed by atoms with Crippen LogP contribution >= 0.6 is 0 Å². The summed E-state index contributed by atoms with van der Waals surface area (Å²) < 4.78 is 13.1. The lowest BCUT2D eigenvalue weighted by Gasteiger charge is -2.32. The van der Waals surface area contributed by atoms with Crippen molar-refractivity contribution in [2.24, 2.45) is 11.8 Å². The van der Waals surface area contributed by atoms with E-state index in [1.165, 1.54) is 24.3 Å². The molecule has 5 nitrogen and oxygen atoms in total. The fourth-order valence-electron chi connectivity index (χ4n) is 5.09. The average molecular weight is 425 g/mol. The van der Waals surface area contributed by atoms with Gasteiger partial charge in [-0.2, -0.15) is 0 Å². The summed E-state index contributed by atoms with van der Waals surface area (Å²) in [6, 6.07) is 5.64. The van der Waals surface area contributed by atoms with E-state index in [0.29, 0.717) is 37.9 Å². The molecule has 0 radical (unpaired) electrons. The van der Waals surface area contributed by atoms with Crippen molar-refractivity contribution < 1.29 is 18.8 Å².